The van der Waals surface area contributed by atoms with Crippen LogP contribution in [0, 0.1) is 0 Å². The van der Waals surface area contributed by atoms with E-state index in [0.717, 1.165) is 24.2 Å². The number of amides is 2. The fraction of sp³-hybridized carbons (Fsp3) is 0.438. The van der Waals surface area contributed by atoms with E-state index in [1.807, 2.05) is 0 Å². The number of nitrogens with one attached hydrogen (secondary N) is 2. The van der Waals surface area contributed by atoms with Crippen LogP contribution < -0.4 is 15.4 Å². The molecule has 0 saturated heterocycles. The van der Waals surface area contributed by atoms with Crippen molar-refractivity contribution < 1.29 is 24.2 Å². The van der Waals surface area contributed by atoms with Gasteiger partial charge in [-0.1, -0.05) is 25.5 Å². The molecule has 0 bridgehead atoms. The van der Waals surface area contributed by atoms with Crippen LogP contribution in [0.2, 0.25) is 0 Å². The molecule has 0 spiro atoms. The van der Waals surface area contributed by atoms with Gasteiger partial charge in [0.2, 0.25) is 11.8 Å². The maximum absolute atomic E-state index is 11.7. The van der Waals surface area contributed by atoms with Crippen molar-refractivity contribution in [2.24, 2.45) is 0 Å². The van der Waals surface area contributed by atoms with Crippen molar-refractivity contribution in [1.29, 1.82) is 0 Å². The zero-order valence-electron chi connectivity index (χ0n) is 13.1. The van der Waals surface area contributed by atoms with Crippen LogP contribution in [0.4, 0.5) is 0 Å². The largest absolute Gasteiger partial charge is 0.494 e. The topological polar surface area (TPSA) is 105 Å². The first kappa shape index (κ1) is 18.5. The monoisotopic (exact) mass is 322 g/mol. The van der Waals surface area contributed by atoms with Crippen LogP contribution in [0.5, 0.6) is 5.75 Å². The molecular weight excluding hydrogens is 300 g/mol. The second kappa shape index (κ2) is 10.2. The molecule has 0 aliphatic carbocycles. The van der Waals surface area contributed by atoms with Gasteiger partial charge in [-0.2, -0.15) is 0 Å². The molecule has 1 aromatic carbocycles. The fourth-order valence-electron chi connectivity index (χ4n) is 1.70. The minimum atomic E-state index is -1.13. The number of carboxylic acid groups (broad SMARTS) is 1. The van der Waals surface area contributed by atoms with E-state index >= 15 is 0 Å². The molecule has 0 aliphatic rings. The van der Waals surface area contributed by atoms with Gasteiger partial charge in [0, 0.05) is 0 Å². The Morgan fingerprint density at radius 1 is 1.04 bits per heavy atom. The lowest BCUT2D eigenvalue weighted by molar-refractivity contribution is -0.137. The molecule has 0 atom stereocenters. The van der Waals surface area contributed by atoms with Crippen molar-refractivity contribution in [3.05, 3.63) is 29.8 Å². The molecular formula is C16H22N2O5. The lowest BCUT2D eigenvalue weighted by atomic mass is 10.1. The van der Waals surface area contributed by atoms with E-state index in [-0.39, 0.29) is 18.9 Å². The Kier molecular flexibility index (Phi) is 8.20. The predicted octanol–water partition coefficient (Wildman–Crippen LogP) is 0.725. The number of hydrogen-bond donors (Lipinski definition) is 3. The SMILES string of the molecule is CCCCOc1ccc(CC(=O)NCC(=O)NCC(=O)O)cc1. The van der Waals surface area contributed by atoms with E-state index in [4.69, 9.17) is 9.84 Å². The van der Waals surface area contributed by atoms with E-state index in [1.54, 1.807) is 24.3 Å². The zero-order valence-corrected chi connectivity index (χ0v) is 13.1. The maximum atomic E-state index is 11.7. The Morgan fingerprint density at radius 2 is 1.70 bits per heavy atom. The minimum Gasteiger partial charge on any atom is -0.494 e. The third kappa shape index (κ3) is 8.45. The number of hydrogen-bond acceptors (Lipinski definition) is 4. The molecule has 0 aliphatic heterocycles. The number of rotatable bonds is 10. The van der Waals surface area contributed by atoms with Crippen LogP contribution >= 0.6 is 0 Å². The minimum absolute atomic E-state index is 0.140. The Morgan fingerprint density at radius 3 is 2.30 bits per heavy atom. The van der Waals surface area contributed by atoms with Crippen molar-refractivity contribution in [2.45, 2.75) is 26.2 Å². The number of carbonyl (C=O) groups is 3. The summed E-state index contributed by atoms with van der Waals surface area (Å²) in [7, 11) is 0. The van der Waals surface area contributed by atoms with E-state index in [2.05, 4.69) is 17.6 Å². The number of ether oxygens (including phenoxy) is 1. The highest BCUT2D eigenvalue weighted by Crippen LogP contribution is 2.13. The van der Waals surface area contributed by atoms with Gasteiger partial charge in [0.1, 0.15) is 12.3 Å². The highest BCUT2D eigenvalue weighted by Gasteiger charge is 2.07. The molecule has 126 valence electrons. The molecule has 7 nitrogen and oxygen atoms in total. The van der Waals surface area contributed by atoms with Crippen LogP contribution in [0.25, 0.3) is 0 Å². The van der Waals surface area contributed by atoms with E-state index in [0.29, 0.717) is 6.61 Å². The van der Waals surface area contributed by atoms with Crippen molar-refractivity contribution in [3.63, 3.8) is 0 Å². The number of benzene rings is 1. The Hall–Kier alpha value is -2.57. The number of aliphatic carboxylic acids is 1. The molecule has 0 fully saturated rings. The van der Waals surface area contributed by atoms with E-state index in [9.17, 15) is 14.4 Å². The molecule has 1 rings (SSSR count). The van der Waals surface area contributed by atoms with E-state index in [1.165, 1.54) is 0 Å². The number of carbonyl (C=O) groups excluding carboxylic acids is 2. The normalized spacial score (nSPS) is 9.96. The van der Waals surface area contributed by atoms with Crippen LogP contribution in [0.15, 0.2) is 24.3 Å². The molecule has 0 saturated carbocycles. The first-order valence-corrected chi connectivity index (χ1v) is 7.48. The first-order valence-electron chi connectivity index (χ1n) is 7.48. The molecule has 3 N–H and O–H groups in total. The number of carboxylic acids is 1. The zero-order chi connectivity index (χ0) is 17.1. The Labute approximate surface area is 135 Å². The fourth-order valence-corrected chi connectivity index (χ4v) is 1.70. The second-order valence-corrected chi connectivity index (χ2v) is 4.97. The second-order valence-electron chi connectivity index (χ2n) is 4.97. The molecule has 0 heterocycles. The number of unbranched alkanes of at least 4 members (excludes halogenated alkanes) is 1. The summed E-state index contributed by atoms with van der Waals surface area (Å²) in [5.74, 6) is -1.22. The van der Waals surface area contributed by atoms with Gasteiger partial charge in [-0.3, -0.25) is 14.4 Å². The summed E-state index contributed by atoms with van der Waals surface area (Å²) < 4.78 is 5.53. The Balaban J connectivity index is 2.31. The van der Waals surface area contributed by atoms with Crippen LogP contribution in [-0.4, -0.2) is 42.6 Å². The molecule has 7 heteroatoms. The molecule has 0 unspecified atom stereocenters. The van der Waals surface area contributed by atoms with Gasteiger partial charge >= 0.3 is 5.97 Å². The average molecular weight is 322 g/mol. The van der Waals surface area contributed by atoms with E-state index < -0.39 is 18.4 Å². The molecule has 1 aromatic rings. The van der Waals surface area contributed by atoms with Crippen LogP contribution in [0.1, 0.15) is 25.3 Å². The van der Waals surface area contributed by atoms with Gasteiger partial charge in [0.15, 0.2) is 0 Å². The summed E-state index contributed by atoms with van der Waals surface area (Å²) in [6.07, 6.45) is 2.20. The van der Waals surface area contributed by atoms with Crippen molar-refractivity contribution >= 4 is 17.8 Å². The van der Waals surface area contributed by atoms with Crippen molar-refractivity contribution in [3.8, 4) is 5.75 Å². The standard InChI is InChI=1S/C16H22N2O5/c1-2-3-8-23-13-6-4-12(5-7-13)9-14(19)17-10-15(20)18-11-16(21)22/h4-7H,2-3,8-11H2,1H3,(H,17,19)(H,18,20)(H,21,22). The summed E-state index contributed by atoms with van der Waals surface area (Å²) >= 11 is 0. The molecule has 23 heavy (non-hydrogen) atoms. The quantitative estimate of drug-likeness (QED) is 0.551. The van der Waals surface area contributed by atoms with Gasteiger partial charge in [-0.05, 0) is 24.1 Å². The highest BCUT2D eigenvalue weighted by molar-refractivity contribution is 5.87. The van der Waals surface area contributed by atoms with Gasteiger partial charge in [0.25, 0.3) is 0 Å². The summed E-state index contributed by atoms with van der Waals surface area (Å²) in [4.78, 5) is 33.3. The highest BCUT2D eigenvalue weighted by atomic mass is 16.5. The van der Waals surface area contributed by atoms with Gasteiger partial charge in [0.05, 0.1) is 19.6 Å². The smallest absolute Gasteiger partial charge is 0.322 e. The summed E-state index contributed by atoms with van der Waals surface area (Å²) in [5, 5.41) is 13.0. The van der Waals surface area contributed by atoms with Gasteiger partial charge in [-0.25, -0.2) is 0 Å². The summed E-state index contributed by atoms with van der Waals surface area (Å²) in [5.41, 5.74) is 0.802. The van der Waals surface area contributed by atoms with Crippen LogP contribution in [-0.2, 0) is 20.8 Å². The lowest BCUT2D eigenvalue weighted by Gasteiger charge is -2.07. The summed E-state index contributed by atoms with van der Waals surface area (Å²) in [6.45, 7) is 2.05. The average Bonchev–Trinajstić information content (AvgIpc) is 2.53. The van der Waals surface area contributed by atoms with Crippen molar-refractivity contribution in [1.82, 2.24) is 10.6 Å². The van der Waals surface area contributed by atoms with Crippen LogP contribution in [0.3, 0.4) is 0 Å². The lowest BCUT2D eigenvalue weighted by Crippen LogP contribution is -2.39. The van der Waals surface area contributed by atoms with Crippen molar-refractivity contribution in [2.75, 3.05) is 19.7 Å². The third-order valence-electron chi connectivity index (χ3n) is 2.94. The summed E-state index contributed by atoms with van der Waals surface area (Å²) in [6, 6.07) is 7.20. The molecule has 0 aromatic heterocycles. The third-order valence-corrected chi connectivity index (χ3v) is 2.94. The molecule has 0 radical (unpaired) electrons. The van der Waals surface area contributed by atoms with Gasteiger partial charge < -0.3 is 20.5 Å². The predicted molar refractivity (Wildman–Crippen MR) is 84.2 cm³/mol. The van der Waals surface area contributed by atoms with Gasteiger partial charge in [-0.15, -0.1) is 0 Å². The Bertz CT molecular complexity index is 528. The first-order chi connectivity index (χ1) is 11.0. The maximum Gasteiger partial charge on any atom is 0.322 e. The molecule has 2 amide bonds.